The molecule has 3 aliphatic heterocycles. The molecule has 6 nitrogen and oxygen atoms in total. The number of halogens is 7. The molecule has 208 valence electrons. The van der Waals surface area contributed by atoms with E-state index >= 15 is 0 Å². The normalized spacial score (nSPS) is 19.8. The molecule has 0 bridgehead atoms. The van der Waals surface area contributed by atoms with Crippen LogP contribution >= 0.6 is 11.6 Å². The van der Waals surface area contributed by atoms with Crippen molar-refractivity contribution in [2.45, 2.75) is 43.7 Å². The minimum Gasteiger partial charge on any atom is -0.375 e. The minimum atomic E-state index is -5.14. The van der Waals surface area contributed by atoms with Gasteiger partial charge in [0.25, 0.3) is 0 Å². The first-order chi connectivity index (χ1) is 18.5. The van der Waals surface area contributed by atoms with Gasteiger partial charge in [-0.05, 0) is 48.7 Å². The summed E-state index contributed by atoms with van der Waals surface area (Å²) in [4.78, 5) is 3.45. The first-order valence-electron chi connectivity index (χ1n) is 12.5. The van der Waals surface area contributed by atoms with Crippen LogP contribution in [-0.2, 0) is 24.0 Å². The smallest absolute Gasteiger partial charge is 0.375 e. The highest BCUT2D eigenvalue weighted by molar-refractivity contribution is 6.30. The molecule has 0 amide bonds. The third-order valence-electron chi connectivity index (χ3n) is 7.58. The number of hydrogen-bond acceptors (Lipinski definition) is 5. The highest BCUT2D eigenvalue weighted by atomic mass is 35.5. The second-order valence-corrected chi connectivity index (χ2v) is 10.8. The highest BCUT2D eigenvalue weighted by Gasteiger charge is 2.42. The van der Waals surface area contributed by atoms with E-state index in [1.807, 2.05) is 21.6 Å². The van der Waals surface area contributed by atoms with Gasteiger partial charge in [-0.2, -0.15) is 13.2 Å². The van der Waals surface area contributed by atoms with Crippen LogP contribution in [-0.4, -0.2) is 58.2 Å². The molecule has 2 saturated heterocycles. The fourth-order valence-electron chi connectivity index (χ4n) is 5.71. The molecular weight excluding hydrogens is 548 g/mol. The second kappa shape index (κ2) is 9.67. The molecular formula is C26H24ClF6N5O. The van der Waals surface area contributed by atoms with Crippen LogP contribution < -0.4 is 4.90 Å². The zero-order chi connectivity index (χ0) is 27.5. The van der Waals surface area contributed by atoms with Gasteiger partial charge < -0.3 is 9.64 Å². The zero-order valence-electron chi connectivity index (χ0n) is 20.6. The maximum atomic E-state index is 14.9. The summed E-state index contributed by atoms with van der Waals surface area (Å²) in [5.41, 5.74) is -1.87. The van der Waals surface area contributed by atoms with E-state index in [1.54, 1.807) is 6.07 Å². The van der Waals surface area contributed by atoms with Gasteiger partial charge in [0.05, 0.1) is 31.1 Å². The number of benzene rings is 2. The van der Waals surface area contributed by atoms with Crippen LogP contribution in [0.5, 0.6) is 0 Å². The van der Waals surface area contributed by atoms with Crippen LogP contribution in [0.3, 0.4) is 0 Å². The van der Waals surface area contributed by atoms with Crippen molar-refractivity contribution in [3.05, 3.63) is 69.8 Å². The maximum Gasteiger partial charge on any atom is 0.422 e. The van der Waals surface area contributed by atoms with E-state index in [-0.39, 0.29) is 44.5 Å². The molecule has 2 fully saturated rings. The summed E-state index contributed by atoms with van der Waals surface area (Å²) in [5.74, 6) is -2.05. The Bertz CT molecular complexity index is 1400. The Kier molecular flexibility index (Phi) is 6.54. The molecule has 0 radical (unpaired) electrons. The van der Waals surface area contributed by atoms with E-state index in [2.05, 4.69) is 10.2 Å². The van der Waals surface area contributed by atoms with Gasteiger partial charge in [-0.1, -0.05) is 11.6 Å². The van der Waals surface area contributed by atoms with Crippen LogP contribution in [0, 0.1) is 11.6 Å². The van der Waals surface area contributed by atoms with Crippen molar-refractivity contribution >= 4 is 17.3 Å². The van der Waals surface area contributed by atoms with Crippen LogP contribution in [0.25, 0.3) is 5.69 Å². The summed E-state index contributed by atoms with van der Waals surface area (Å²) in [5, 5.41) is 9.43. The molecule has 39 heavy (non-hydrogen) atoms. The molecule has 3 aliphatic rings. The Morgan fingerprint density at radius 1 is 1.00 bits per heavy atom. The van der Waals surface area contributed by atoms with E-state index < -0.39 is 29.0 Å². The van der Waals surface area contributed by atoms with Crippen LogP contribution in [0.4, 0.5) is 32.0 Å². The van der Waals surface area contributed by atoms with Gasteiger partial charge in [-0.3, -0.25) is 9.47 Å². The van der Waals surface area contributed by atoms with E-state index in [0.717, 1.165) is 17.3 Å². The van der Waals surface area contributed by atoms with Crippen molar-refractivity contribution in [2.75, 3.05) is 37.7 Å². The lowest BCUT2D eigenvalue weighted by molar-refractivity contribution is -0.142. The first kappa shape index (κ1) is 26.4. The van der Waals surface area contributed by atoms with E-state index in [0.29, 0.717) is 48.7 Å². The Balaban J connectivity index is 1.27. The van der Waals surface area contributed by atoms with Gasteiger partial charge in [0.15, 0.2) is 17.3 Å². The molecule has 3 aromatic rings. The fourth-order valence-corrected chi connectivity index (χ4v) is 5.90. The second-order valence-electron chi connectivity index (χ2n) is 10.4. The molecule has 1 aromatic heterocycles. The van der Waals surface area contributed by atoms with E-state index in [4.69, 9.17) is 16.3 Å². The molecule has 0 saturated carbocycles. The standard InChI is InChI=1S/C26H24ClF6N5O/c27-17-1-3-19-16(9-17)10-36(12-25(30)13-39-14-25)11-21-34-35-24(38(19)21)15-5-7-37(8-6-15)20-4-2-18(28)22(23(20)29)26(31,32)33/h1-4,9,15H,5-8,10-14H2. The predicted octanol–water partition coefficient (Wildman–Crippen LogP) is 5.66. The van der Waals surface area contributed by atoms with Crippen molar-refractivity contribution < 1.29 is 31.1 Å². The van der Waals surface area contributed by atoms with Crippen molar-refractivity contribution in [2.24, 2.45) is 0 Å². The third kappa shape index (κ3) is 4.87. The molecule has 0 unspecified atom stereocenters. The Morgan fingerprint density at radius 2 is 1.72 bits per heavy atom. The van der Waals surface area contributed by atoms with Gasteiger partial charge in [0.2, 0.25) is 0 Å². The fraction of sp³-hybridized carbons (Fsp3) is 0.462. The molecule has 0 atom stereocenters. The lowest BCUT2D eigenvalue weighted by atomic mass is 9.95. The average molecular weight is 572 g/mol. The van der Waals surface area contributed by atoms with Crippen LogP contribution in [0.15, 0.2) is 30.3 Å². The number of alkyl halides is 4. The van der Waals surface area contributed by atoms with Crippen molar-refractivity contribution in [3.63, 3.8) is 0 Å². The zero-order valence-corrected chi connectivity index (χ0v) is 21.4. The summed E-state index contributed by atoms with van der Waals surface area (Å²) in [6.07, 6.45) is -4.21. The maximum absolute atomic E-state index is 14.9. The van der Waals surface area contributed by atoms with E-state index in [9.17, 15) is 26.3 Å². The van der Waals surface area contributed by atoms with Crippen molar-refractivity contribution in [3.8, 4) is 5.69 Å². The first-order valence-corrected chi connectivity index (χ1v) is 12.9. The van der Waals surface area contributed by atoms with Crippen LogP contribution in [0.1, 0.15) is 41.5 Å². The van der Waals surface area contributed by atoms with Crippen molar-refractivity contribution in [1.29, 1.82) is 0 Å². The topological polar surface area (TPSA) is 46.4 Å². The lowest BCUT2D eigenvalue weighted by Crippen LogP contribution is -2.53. The Hall–Kier alpha value is -2.83. The molecule has 13 heteroatoms. The number of fused-ring (bicyclic) bond motifs is 3. The van der Waals surface area contributed by atoms with Crippen molar-refractivity contribution in [1.82, 2.24) is 19.7 Å². The largest absolute Gasteiger partial charge is 0.422 e. The number of ether oxygens (including phenoxy) is 1. The summed E-state index contributed by atoms with van der Waals surface area (Å²) >= 11 is 6.29. The number of nitrogens with zero attached hydrogens (tertiary/aromatic N) is 5. The Labute approximate surface area is 225 Å². The molecule has 2 aromatic carbocycles. The predicted molar refractivity (Wildman–Crippen MR) is 131 cm³/mol. The summed E-state index contributed by atoms with van der Waals surface area (Å²) in [6.45, 7) is 1.55. The highest BCUT2D eigenvalue weighted by Crippen LogP contribution is 2.40. The number of anilines is 1. The molecule has 6 rings (SSSR count). The minimum absolute atomic E-state index is 0.0432. The number of rotatable bonds is 4. The molecule has 0 N–H and O–H groups in total. The SMILES string of the molecule is Fc1ccc(N2CCC(c3nnc4n3-c3ccc(Cl)cc3CN(CC3(F)COC3)C4)CC2)c(F)c1C(F)(F)F. The van der Waals surface area contributed by atoms with Crippen LogP contribution in [0.2, 0.25) is 5.02 Å². The quantitative estimate of drug-likeness (QED) is 0.379. The number of aromatic nitrogens is 3. The summed E-state index contributed by atoms with van der Waals surface area (Å²) in [7, 11) is 0. The van der Waals surface area contributed by atoms with Gasteiger partial charge in [0.1, 0.15) is 17.2 Å². The summed E-state index contributed by atoms with van der Waals surface area (Å²) in [6, 6.07) is 7.16. The number of hydrogen-bond donors (Lipinski definition) is 0. The van der Waals surface area contributed by atoms with Gasteiger partial charge >= 0.3 is 6.18 Å². The molecule has 0 spiro atoms. The van der Waals surface area contributed by atoms with Gasteiger partial charge in [-0.15, -0.1) is 10.2 Å². The monoisotopic (exact) mass is 571 g/mol. The van der Waals surface area contributed by atoms with E-state index in [1.165, 1.54) is 4.90 Å². The van der Waals surface area contributed by atoms with Gasteiger partial charge in [-0.25, -0.2) is 13.2 Å². The third-order valence-corrected chi connectivity index (χ3v) is 7.82. The Morgan fingerprint density at radius 3 is 2.38 bits per heavy atom. The summed E-state index contributed by atoms with van der Waals surface area (Å²) < 4.78 is 90.2. The van der Waals surface area contributed by atoms with Gasteiger partial charge in [0, 0.05) is 37.1 Å². The average Bonchev–Trinajstić information content (AvgIpc) is 3.19. The lowest BCUT2D eigenvalue weighted by Gasteiger charge is -2.37. The number of piperidine rings is 1. The molecule has 0 aliphatic carbocycles. The molecule has 4 heterocycles.